The molecule has 1 aromatic carbocycles. The minimum absolute atomic E-state index is 0.0132. The Labute approximate surface area is 191 Å². The molecule has 3 atom stereocenters. The molecule has 1 aliphatic heterocycles. The van der Waals surface area contributed by atoms with Gasteiger partial charge in [0.2, 0.25) is 5.91 Å². The number of piperidine rings is 1. The SMILES string of the molecule is CCNC(=NCc1cccc(CN2CCCC(C(N)=O)C2)c1)NC1CCCC(SC)C1. The molecule has 0 aromatic heterocycles. The van der Waals surface area contributed by atoms with Crippen LogP contribution in [0.2, 0.25) is 0 Å². The number of amides is 1. The first-order valence-corrected chi connectivity index (χ1v) is 13.0. The van der Waals surface area contributed by atoms with E-state index < -0.39 is 0 Å². The minimum atomic E-state index is -0.168. The van der Waals surface area contributed by atoms with Gasteiger partial charge in [0.1, 0.15) is 0 Å². The lowest BCUT2D eigenvalue weighted by atomic mass is 9.95. The van der Waals surface area contributed by atoms with Gasteiger partial charge in [-0.3, -0.25) is 9.69 Å². The van der Waals surface area contributed by atoms with Crippen LogP contribution in [0.15, 0.2) is 29.3 Å². The van der Waals surface area contributed by atoms with Crippen LogP contribution >= 0.6 is 11.8 Å². The fourth-order valence-corrected chi connectivity index (χ4v) is 5.52. The molecule has 3 unspecified atom stereocenters. The molecule has 1 aromatic rings. The molecule has 1 aliphatic carbocycles. The van der Waals surface area contributed by atoms with Crippen molar-refractivity contribution in [1.29, 1.82) is 0 Å². The summed E-state index contributed by atoms with van der Waals surface area (Å²) in [4.78, 5) is 18.8. The average molecular weight is 446 g/mol. The summed E-state index contributed by atoms with van der Waals surface area (Å²) in [7, 11) is 0. The Morgan fingerprint density at radius 1 is 1.26 bits per heavy atom. The molecule has 0 spiro atoms. The number of nitrogens with two attached hydrogens (primary N) is 1. The van der Waals surface area contributed by atoms with Crippen LogP contribution in [-0.2, 0) is 17.9 Å². The highest BCUT2D eigenvalue weighted by Crippen LogP contribution is 2.26. The standard InChI is InChI=1S/C24H39N5OS/c1-3-26-24(28-21-10-5-11-22(14-21)31-2)27-15-18-7-4-8-19(13-18)16-29-12-6-9-20(17-29)23(25)30/h4,7-8,13,20-22H,3,5-6,9-12,14-17H2,1-2H3,(H2,25,30)(H2,26,27,28). The van der Waals surface area contributed by atoms with E-state index in [-0.39, 0.29) is 11.8 Å². The third kappa shape index (κ3) is 7.72. The van der Waals surface area contributed by atoms with Gasteiger partial charge in [0, 0.05) is 30.9 Å². The fourth-order valence-electron chi connectivity index (χ4n) is 4.69. The smallest absolute Gasteiger partial charge is 0.221 e. The van der Waals surface area contributed by atoms with E-state index in [9.17, 15) is 4.79 Å². The molecule has 7 heteroatoms. The van der Waals surface area contributed by atoms with E-state index in [0.29, 0.717) is 12.6 Å². The van der Waals surface area contributed by atoms with Crippen LogP contribution in [0.5, 0.6) is 0 Å². The Morgan fingerprint density at radius 2 is 2.10 bits per heavy atom. The molecular formula is C24H39N5OS. The fraction of sp³-hybridized carbons (Fsp3) is 0.667. The van der Waals surface area contributed by atoms with Gasteiger partial charge in [0.05, 0.1) is 12.5 Å². The van der Waals surface area contributed by atoms with Gasteiger partial charge >= 0.3 is 0 Å². The molecule has 6 nitrogen and oxygen atoms in total. The maximum Gasteiger partial charge on any atom is 0.221 e. The van der Waals surface area contributed by atoms with Gasteiger partial charge in [-0.2, -0.15) is 11.8 Å². The number of nitrogens with zero attached hydrogens (tertiary/aromatic N) is 2. The van der Waals surface area contributed by atoms with Crippen molar-refractivity contribution in [3.05, 3.63) is 35.4 Å². The molecule has 31 heavy (non-hydrogen) atoms. The van der Waals surface area contributed by atoms with Crippen molar-refractivity contribution >= 4 is 23.6 Å². The molecule has 2 fully saturated rings. The number of carbonyl (C=O) groups excluding carboxylic acids is 1. The number of thioether (sulfide) groups is 1. The summed E-state index contributed by atoms with van der Waals surface area (Å²) in [5, 5.41) is 7.83. The van der Waals surface area contributed by atoms with Gasteiger partial charge in [-0.05, 0) is 63.0 Å². The molecule has 0 bridgehead atoms. The van der Waals surface area contributed by atoms with E-state index in [2.05, 4.69) is 53.0 Å². The lowest BCUT2D eigenvalue weighted by molar-refractivity contribution is -0.123. The van der Waals surface area contributed by atoms with Crippen LogP contribution in [0.4, 0.5) is 0 Å². The maximum atomic E-state index is 11.6. The van der Waals surface area contributed by atoms with Crippen molar-refractivity contribution in [2.75, 3.05) is 25.9 Å². The largest absolute Gasteiger partial charge is 0.369 e. The van der Waals surface area contributed by atoms with Gasteiger partial charge in [-0.1, -0.05) is 30.7 Å². The predicted molar refractivity (Wildman–Crippen MR) is 131 cm³/mol. The highest BCUT2D eigenvalue weighted by Gasteiger charge is 2.24. The number of hydrogen-bond acceptors (Lipinski definition) is 4. The summed E-state index contributed by atoms with van der Waals surface area (Å²) in [6.07, 6.45) is 9.22. The maximum absolute atomic E-state index is 11.6. The van der Waals surface area contributed by atoms with Crippen LogP contribution in [0.3, 0.4) is 0 Å². The number of likely N-dealkylation sites (tertiary alicyclic amines) is 1. The summed E-state index contributed by atoms with van der Waals surface area (Å²) < 4.78 is 0. The zero-order valence-corrected chi connectivity index (χ0v) is 19.9. The van der Waals surface area contributed by atoms with Crippen LogP contribution in [0, 0.1) is 5.92 Å². The molecule has 4 N–H and O–H groups in total. The van der Waals surface area contributed by atoms with E-state index >= 15 is 0 Å². The highest BCUT2D eigenvalue weighted by atomic mass is 32.2. The Kier molecular flexibility index (Phi) is 9.53. The summed E-state index contributed by atoms with van der Waals surface area (Å²) in [6, 6.07) is 9.16. The van der Waals surface area contributed by atoms with Crippen molar-refractivity contribution in [2.45, 2.75) is 69.8 Å². The summed E-state index contributed by atoms with van der Waals surface area (Å²) in [6.45, 7) is 6.29. The molecule has 1 heterocycles. The zero-order valence-electron chi connectivity index (χ0n) is 19.1. The lowest BCUT2D eigenvalue weighted by Crippen LogP contribution is -2.45. The van der Waals surface area contributed by atoms with Crippen molar-refractivity contribution in [3.63, 3.8) is 0 Å². The van der Waals surface area contributed by atoms with Crippen LogP contribution < -0.4 is 16.4 Å². The van der Waals surface area contributed by atoms with Gasteiger partial charge in [-0.25, -0.2) is 4.99 Å². The van der Waals surface area contributed by atoms with Gasteiger partial charge < -0.3 is 16.4 Å². The van der Waals surface area contributed by atoms with E-state index in [1.807, 2.05) is 11.8 Å². The zero-order chi connectivity index (χ0) is 22.1. The molecule has 3 rings (SSSR count). The monoisotopic (exact) mass is 445 g/mol. The third-order valence-corrected chi connectivity index (χ3v) is 7.46. The Hall–Kier alpha value is -1.73. The van der Waals surface area contributed by atoms with Crippen LogP contribution in [-0.4, -0.2) is 53.9 Å². The molecule has 1 amide bonds. The van der Waals surface area contributed by atoms with Gasteiger partial charge in [0.25, 0.3) is 0 Å². The quantitative estimate of drug-likeness (QED) is 0.423. The van der Waals surface area contributed by atoms with Crippen molar-refractivity contribution < 1.29 is 4.79 Å². The molecule has 2 aliphatic rings. The number of hydrogen-bond donors (Lipinski definition) is 3. The van der Waals surface area contributed by atoms with Crippen LogP contribution in [0.25, 0.3) is 0 Å². The topological polar surface area (TPSA) is 82.8 Å². The minimum Gasteiger partial charge on any atom is -0.369 e. The molecular weight excluding hydrogens is 406 g/mol. The second-order valence-electron chi connectivity index (χ2n) is 8.86. The molecule has 172 valence electrons. The number of benzene rings is 1. The van der Waals surface area contributed by atoms with E-state index in [1.54, 1.807) is 0 Å². The van der Waals surface area contributed by atoms with Crippen LogP contribution in [0.1, 0.15) is 56.6 Å². The van der Waals surface area contributed by atoms with E-state index in [4.69, 9.17) is 10.7 Å². The number of guanidine groups is 1. The Bertz CT molecular complexity index is 740. The number of aliphatic imine (C=N–C) groups is 1. The molecule has 0 radical (unpaired) electrons. The Morgan fingerprint density at radius 3 is 2.87 bits per heavy atom. The summed E-state index contributed by atoms with van der Waals surface area (Å²) >= 11 is 1.99. The van der Waals surface area contributed by atoms with Gasteiger partial charge in [-0.15, -0.1) is 0 Å². The second kappa shape index (κ2) is 12.3. The first kappa shape index (κ1) is 23.9. The number of nitrogens with one attached hydrogen (secondary N) is 2. The highest BCUT2D eigenvalue weighted by molar-refractivity contribution is 7.99. The first-order valence-electron chi connectivity index (χ1n) is 11.7. The van der Waals surface area contributed by atoms with Gasteiger partial charge in [0.15, 0.2) is 5.96 Å². The molecule has 1 saturated heterocycles. The number of rotatable bonds is 8. The lowest BCUT2D eigenvalue weighted by Gasteiger charge is -2.31. The van der Waals surface area contributed by atoms with Crippen molar-refractivity contribution in [2.24, 2.45) is 16.6 Å². The first-order chi connectivity index (χ1) is 15.1. The third-order valence-electron chi connectivity index (χ3n) is 6.37. The number of primary amides is 1. The normalized spacial score (nSPS) is 25.2. The Balaban J connectivity index is 1.57. The van der Waals surface area contributed by atoms with Crippen molar-refractivity contribution in [3.8, 4) is 0 Å². The average Bonchev–Trinajstić information content (AvgIpc) is 2.78. The number of carbonyl (C=O) groups is 1. The van der Waals surface area contributed by atoms with Crippen molar-refractivity contribution in [1.82, 2.24) is 15.5 Å². The second-order valence-corrected chi connectivity index (χ2v) is 10.00. The van der Waals surface area contributed by atoms with E-state index in [1.165, 1.54) is 36.8 Å². The summed E-state index contributed by atoms with van der Waals surface area (Å²) in [5.74, 6) is 0.735. The summed E-state index contributed by atoms with van der Waals surface area (Å²) in [5.41, 5.74) is 8.01. The van der Waals surface area contributed by atoms with E-state index in [0.717, 1.165) is 50.2 Å². The predicted octanol–water partition coefficient (Wildman–Crippen LogP) is 3.11. The molecule has 1 saturated carbocycles.